The highest BCUT2D eigenvalue weighted by Crippen LogP contribution is 2.03. The number of hydrogen-bond acceptors (Lipinski definition) is 5. The van der Waals surface area contributed by atoms with Crippen molar-refractivity contribution in [3.05, 3.63) is 35.4 Å². The number of carbonyl (C=O) groups is 2. The van der Waals surface area contributed by atoms with Crippen molar-refractivity contribution in [1.29, 1.82) is 5.26 Å². The lowest BCUT2D eigenvalue weighted by atomic mass is 10.1. The minimum Gasteiger partial charge on any atom is -0.467 e. The van der Waals surface area contributed by atoms with E-state index in [1.54, 1.807) is 0 Å². The van der Waals surface area contributed by atoms with Gasteiger partial charge in [-0.1, -0.05) is 0 Å². The summed E-state index contributed by atoms with van der Waals surface area (Å²) in [6.07, 6.45) is -1.39. The summed E-state index contributed by atoms with van der Waals surface area (Å²) in [5.41, 5.74) is 0.784. The minimum absolute atomic E-state index is 0.231. The van der Waals surface area contributed by atoms with E-state index in [0.717, 1.165) is 7.11 Å². The molecule has 2 N–H and O–H groups in total. The Bertz CT molecular complexity index is 476. The molecule has 1 atom stereocenters. The maximum absolute atomic E-state index is 11.6. The number of rotatable bonds is 4. The molecule has 0 bridgehead atoms. The van der Waals surface area contributed by atoms with Crippen LogP contribution in [0.25, 0.3) is 0 Å². The first-order valence-corrected chi connectivity index (χ1v) is 5.12. The zero-order valence-corrected chi connectivity index (χ0v) is 9.71. The topological polar surface area (TPSA) is 99.4 Å². The molecule has 0 aliphatic rings. The fraction of sp³-hybridized carbons (Fsp3) is 0.250. The third-order valence-corrected chi connectivity index (χ3v) is 2.21. The number of esters is 1. The second-order valence-electron chi connectivity index (χ2n) is 3.44. The molecule has 1 amide bonds. The van der Waals surface area contributed by atoms with Crippen LogP contribution >= 0.6 is 0 Å². The number of nitriles is 1. The number of carbonyl (C=O) groups excluding carboxylic acids is 2. The summed E-state index contributed by atoms with van der Waals surface area (Å²) in [5, 5.41) is 20.2. The molecule has 1 aromatic rings. The molecule has 1 unspecified atom stereocenters. The third kappa shape index (κ3) is 3.57. The quantitative estimate of drug-likeness (QED) is 0.720. The Morgan fingerprint density at radius 2 is 2.06 bits per heavy atom. The largest absolute Gasteiger partial charge is 0.467 e. The number of benzene rings is 1. The summed E-state index contributed by atoms with van der Waals surface area (Å²) in [5.74, 6) is -1.25. The third-order valence-electron chi connectivity index (χ3n) is 2.21. The molecular formula is C12H12N2O4. The van der Waals surface area contributed by atoms with Gasteiger partial charge in [0.15, 0.2) is 6.10 Å². The summed E-state index contributed by atoms with van der Waals surface area (Å²) in [6.45, 7) is -0.231. The summed E-state index contributed by atoms with van der Waals surface area (Å²) in [7, 11) is 1.15. The first-order chi connectivity index (χ1) is 8.58. The maximum atomic E-state index is 11.6. The maximum Gasteiger partial charge on any atom is 0.336 e. The molecule has 0 aromatic heterocycles. The number of hydrogen-bond donors (Lipinski definition) is 2. The fourth-order valence-corrected chi connectivity index (χ4v) is 1.21. The van der Waals surface area contributed by atoms with Gasteiger partial charge in [-0.05, 0) is 24.3 Å². The van der Waals surface area contributed by atoms with E-state index in [4.69, 9.17) is 5.26 Å². The molecular weight excluding hydrogens is 236 g/mol. The van der Waals surface area contributed by atoms with E-state index in [0.29, 0.717) is 11.1 Å². The zero-order chi connectivity index (χ0) is 13.5. The molecule has 1 aromatic carbocycles. The molecule has 0 saturated carbocycles. The molecule has 0 aliphatic carbocycles. The van der Waals surface area contributed by atoms with Gasteiger partial charge in [0.1, 0.15) is 0 Å². The molecule has 0 radical (unpaired) electrons. The SMILES string of the molecule is COC(=O)C(O)CNC(=O)c1ccc(C#N)cc1. The van der Waals surface area contributed by atoms with Crippen molar-refractivity contribution >= 4 is 11.9 Å². The highest BCUT2D eigenvalue weighted by molar-refractivity contribution is 5.94. The molecule has 0 spiro atoms. The summed E-state index contributed by atoms with van der Waals surface area (Å²) < 4.78 is 4.30. The molecule has 6 heteroatoms. The van der Waals surface area contributed by atoms with Gasteiger partial charge in [0, 0.05) is 5.56 Å². The van der Waals surface area contributed by atoms with Gasteiger partial charge in [-0.2, -0.15) is 5.26 Å². The van der Waals surface area contributed by atoms with Gasteiger partial charge >= 0.3 is 5.97 Å². The van der Waals surface area contributed by atoms with Crippen molar-refractivity contribution in [2.24, 2.45) is 0 Å². The Balaban J connectivity index is 2.55. The smallest absolute Gasteiger partial charge is 0.336 e. The number of aliphatic hydroxyl groups excluding tert-OH is 1. The second-order valence-corrected chi connectivity index (χ2v) is 3.44. The number of nitrogens with zero attached hydrogens (tertiary/aromatic N) is 1. The molecule has 94 valence electrons. The number of nitrogens with one attached hydrogen (secondary N) is 1. The van der Waals surface area contributed by atoms with E-state index < -0.39 is 18.0 Å². The molecule has 0 heterocycles. The monoisotopic (exact) mass is 248 g/mol. The number of amides is 1. The van der Waals surface area contributed by atoms with E-state index in [2.05, 4.69) is 10.1 Å². The van der Waals surface area contributed by atoms with Gasteiger partial charge in [0.2, 0.25) is 0 Å². The van der Waals surface area contributed by atoms with Crippen LogP contribution < -0.4 is 5.32 Å². The van der Waals surface area contributed by atoms with Crippen LogP contribution in [0, 0.1) is 11.3 Å². The molecule has 0 aliphatic heterocycles. The second kappa shape index (κ2) is 6.37. The van der Waals surface area contributed by atoms with Crippen LogP contribution in [0.4, 0.5) is 0 Å². The van der Waals surface area contributed by atoms with E-state index in [9.17, 15) is 14.7 Å². The van der Waals surface area contributed by atoms with Crippen molar-refractivity contribution in [3.8, 4) is 6.07 Å². The molecule has 0 fully saturated rings. The number of ether oxygens (including phenoxy) is 1. The lowest BCUT2D eigenvalue weighted by Crippen LogP contribution is -2.37. The Labute approximate surface area is 104 Å². The van der Waals surface area contributed by atoms with Crippen molar-refractivity contribution in [1.82, 2.24) is 5.32 Å². The highest BCUT2D eigenvalue weighted by atomic mass is 16.5. The predicted molar refractivity (Wildman–Crippen MR) is 61.5 cm³/mol. The first kappa shape index (κ1) is 13.7. The van der Waals surface area contributed by atoms with Crippen molar-refractivity contribution in [3.63, 3.8) is 0 Å². The lowest BCUT2D eigenvalue weighted by molar-refractivity contribution is -0.149. The number of methoxy groups -OCH3 is 1. The average molecular weight is 248 g/mol. The van der Waals surface area contributed by atoms with E-state index in [-0.39, 0.29) is 6.54 Å². The Hall–Kier alpha value is -2.39. The molecule has 1 rings (SSSR count). The van der Waals surface area contributed by atoms with Crippen LogP contribution in [0.3, 0.4) is 0 Å². The van der Waals surface area contributed by atoms with Gasteiger partial charge in [0.05, 0.1) is 25.3 Å². The molecule has 6 nitrogen and oxygen atoms in total. The summed E-state index contributed by atoms with van der Waals surface area (Å²) >= 11 is 0. The normalized spacial score (nSPS) is 11.2. The summed E-state index contributed by atoms with van der Waals surface area (Å²) in [4.78, 5) is 22.5. The van der Waals surface area contributed by atoms with E-state index in [1.165, 1.54) is 24.3 Å². The van der Waals surface area contributed by atoms with E-state index in [1.807, 2.05) is 6.07 Å². The average Bonchev–Trinajstić information content (AvgIpc) is 2.43. The molecule has 0 saturated heterocycles. The van der Waals surface area contributed by atoms with Crippen LogP contribution in [0.15, 0.2) is 24.3 Å². The van der Waals surface area contributed by atoms with Crippen LogP contribution in [0.1, 0.15) is 15.9 Å². The predicted octanol–water partition coefficient (Wildman–Crippen LogP) is -0.178. The summed E-state index contributed by atoms with van der Waals surface area (Å²) in [6, 6.07) is 7.91. The zero-order valence-electron chi connectivity index (χ0n) is 9.71. The van der Waals surface area contributed by atoms with Crippen molar-refractivity contribution in [2.75, 3.05) is 13.7 Å². The Morgan fingerprint density at radius 3 is 2.56 bits per heavy atom. The van der Waals surface area contributed by atoms with Gasteiger partial charge < -0.3 is 15.2 Å². The first-order valence-electron chi connectivity index (χ1n) is 5.12. The number of aliphatic hydroxyl groups is 1. The van der Waals surface area contributed by atoms with Crippen molar-refractivity contribution in [2.45, 2.75) is 6.10 Å². The Kier molecular flexibility index (Phi) is 4.84. The van der Waals surface area contributed by atoms with Crippen LogP contribution in [-0.2, 0) is 9.53 Å². The van der Waals surface area contributed by atoms with Crippen molar-refractivity contribution < 1.29 is 19.4 Å². The van der Waals surface area contributed by atoms with Crippen LogP contribution in [-0.4, -0.2) is 36.7 Å². The van der Waals surface area contributed by atoms with Crippen LogP contribution in [0.2, 0.25) is 0 Å². The van der Waals surface area contributed by atoms with Gasteiger partial charge in [-0.15, -0.1) is 0 Å². The minimum atomic E-state index is -1.39. The van der Waals surface area contributed by atoms with Gasteiger partial charge in [0.25, 0.3) is 5.91 Å². The molecule has 18 heavy (non-hydrogen) atoms. The van der Waals surface area contributed by atoms with Gasteiger partial charge in [-0.25, -0.2) is 4.79 Å². The fourth-order valence-electron chi connectivity index (χ4n) is 1.21. The van der Waals surface area contributed by atoms with Crippen LogP contribution in [0.5, 0.6) is 0 Å². The lowest BCUT2D eigenvalue weighted by Gasteiger charge is -2.09. The van der Waals surface area contributed by atoms with Gasteiger partial charge in [-0.3, -0.25) is 4.79 Å². The standard InChI is InChI=1S/C12H12N2O4/c1-18-12(17)10(15)7-14-11(16)9-4-2-8(6-13)3-5-9/h2-5,10,15H,7H2,1H3,(H,14,16). The van der Waals surface area contributed by atoms with E-state index >= 15 is 0 Å². The highest BCUT2D eigenvalue weighted by Gasteiger charge is 2.16. The Morgan fingerprint density at radius 1 is 1.44 bits per heavy atom.